The third kappa shape index (κ3) is 1.96. The van der Waals surface area contributed by atoms with Crippen LogP contribution in [0.3, 0.4) is 0 Å². The van der Waals surface area contributed by atoms with Crippen LogP contribution in [-0.2, 0) is 0 Å². The van der Waals surface area contributed by atoms with E-state index >= 15 is 0 Å². The van der Waals surface area contributed by atoms with Crippen LogP contribution in [0.2, 0.25) is 5.02 Å². The lowest BCUT2D eigenvalue weighted by Crippen LogP contribution is -1.88. The smallest absolute Gasteiger partial charge is 0.140 e. The highest BCUT2D eigenvalue weighted by atomic mass is 127. The van der Waals surface area contributed by atoms with Crippen molar-refractivity contribution in [2.24, 2.45) is 0 Å². The van der Waals surface area contributed by atoms with E-state index in [1.165, 1.54) is 19.2 Å². The summed E-state index contributed by atoms with van der Waals surface area (Å²) < 4.78 is 18.1. The lowest BCUT2D eigenvalue weighted by atomic mass is 10.3. The van der Waals surface area contributed by atoms with Crippen molar-refractivity contribution in [3.05, 3.63) is 26.5 Å². The van der Waals surface area contributed by atoms with E-state index in [4.69, 9.17) is 16.3 Å². The van der Waals surface area contributed by atoms with Gasteiger partial charge in [0.05, 0.1) is 15.7 Å². The number of halogens is 3. The van der Waals surface area contributed by atoms with Crippen LogP contribution in [-0.4, -0.2) is 7.11 Å². The van der Waals surface area contributed by atoms with Gasteiger partial charge in [0.1, 0.15) is 11.6 Å². The van der Waals surface area contributed by atoms with E-state index in [9.17, 15) is 4.39 Å². The van der Waals surface area contributed by atoms with Crippen molar-refractivity contribution in [3.8, 4) is 5.75 Å². The van der Waals surface area contributed by atoms with E-state index in [1.54, 1.807) is 0 Å². The SMILES string of the molecule is COc1cc(F)c(I)cc1Cl. The van der Waals surface area contributed by atoms with E-state index in [-0.39, 0.29) is 5.82 Å². The van der Waals surface area contributed by atoms with Crippen LogP contribution in [0, 0.1) is 9.39 Å². The zero-order valence-electron chi connectivity index (χ0n) is 5.70. The first kappa shape index (κ1) is 9.06. The van der Waals surface area contributed by atoms with Crippen molar-refractivity contribution in [1.29, 1.82) is 0 Å². The Hall–Kier alpha value is -0.0300. The van der Waals surface area contributed by atoms with Gasteiger partial charge in [-0.25, -0.2) is 4.39 Å². The minimum atomic E-state index is -0.313. The Kier molecular flexibility index (Phi) is 2.95. The predicted molar refractivity (Wildman–Crippen MR) is 50.7 cm³/mol. The van der Waals surface area contributed by atoms with E-state index in [1.807, 2.05) is 22.6 Å². The standard InChI is InChI=1S/C7H5ClFIO/c1-11-7-3-5(9)6(10)2-4(7)8/h2-3H,1H3. The summed E-state index contributed by atoms with van der Waals surface area (Å²) in [6, 6.07) is 2.79. The van der Waals surface area contributed by atoms with Crippen LogP contribution in [0.4, 0.5) is 4.39 Å². The molecule has 0 aromatic heterocycles. The minimum Gasteiger partial charge on any atom is -0.495 e. The molecule has 0 atom stereocenters. The van der Waals surface area contributed by atoms with Gasteiger partial charge in [0.15, 0.2) is 0 Å². The number of hydrogen-bond donors (Lipinski definition) is 0. The summed E-state index contributed by atoms with van der Waals surface area (Å²) in [4.78, 5) is 0. The summed E-state index contributed by atoms with van der Waals surface area (Å²) in [6.45, 7) is 0. The Morgan fingerprint density at radius 1 is 1.55 bits per heavy atom. The molecule has 0 saturated heterocycles. The molecular formula is C7H5ClFIO. The summed E-state index contributed by atoms with van der Waals surface area (Å²) in [5.41, 5.74) is 0. The first-order valence-electron chi connectivity index (χ1n) is 2.83. The van der Waals surface area contributed by atoms with Crippen LogP contribution in [0.1, 0.15) is 0 Å². The van der Waals surface area contributed by atoms with Crippen molar-refractivity contribution in [1.82, 2.24) is 0 Å². The molecular weight excluding hydrogens is 281 g/mol. The van der Waals surface area contributed by atoms with Gasteiger partial charge in [-0.3, -0.25) is 0 Å². The number of ether oxygens (including phenoxy) is 1. The average Bonchev–Trinajstić information content (AvgIpc) is 1.97. The Morgan fingerprint density at radius 2 is 2.18 bits per heavy atom. The highest BCUT2D eigenvalue weighted by Gasteiger charge is 2.05. The Labute approximate surface area is 82.6 Å². The first-order chi connectivity index (χ1) is 5.15. The van der Waals surface area contributed by atoms with Crippen molar-refractivity contribution < 1.29 is 9.13 Å². The molecule has 1 aromatic carbocycles. The molecule has 0 saturated carbocycles. The summed E-state index contributed by atoms with van der Waals surface area (Å²) in [7, 11) is 1.45. The maximum absolute atomic E-state index is 12.8. The second kappa shape index (κ2) is 3.58. The van der Waals surface area contributed by atoms with Crippen LogP contribution in [0.25, 0.3) is 0 Å². The number of rotatable bonds is 1. The Bertz CT molecular complexity index is 277. The van der Waals surface area contributed by atoms with Gasteiger partial charge >= 0.3 is 0 Å². The van der Waals surface area contributed by atoms with Gasteiger partial charge in [-0.2, -0.15) is 0 Å². The normalized spacial score (nSPS) is 9.82. The summed E-state index contributed by atoms with van der Waals surface area (Å²) >= 11 is 7.57. The lowest BCUT2D eigenvalue weighted by Gasteiger charge is -2.02. The zero-order valence-corrected chi connectivity index (χ0v) is 8.61. The molecule has 0 amide bonds. The topological polar surface area (TPSA) is 9.23 Å². The fourth-order valence-corrected chi connectivity index (χ4v) is 1.55. The molecule has 1 aromatic rings. The van der Waals surface area contributed by atoms with Crippen LogP contribution >= 0.6 is 34.2 Å². The minimum absolute atomic E-state index is 0.313. The van der Waals surface area contributed by atoms with E-state index < -0.39 is 0 Å². The molecule has 4 heteroatoms. The molecule has 0 spiro atoms. The third-order valence-electron chi connectivity index (χ3n) is 1.19. The maximum Gasteiger partial charge on any atom is 0.140 e. The number of methoxy groups -OCH3 is 1. The molecule has 0 aliphatic carbocycles. The molecule has 1 nitrogen and oxygen atoms in total. The molecule has 0 radical (unpaired) electrons. The molecule has 1 rings (SSSR count). The van der Waals surface area contributed by atoms with Crippen LogP contribution < -0.4 is 4.74 Å². The molecule has 0 fully saturated rings. The lowest BCUT2D eigenvalue weighted by molar-refractivity contribution is 0.411. The number of hydrogen-bond acceptors (Lipinski definition) is 1. The first-order valence-corrected chi connectivity index (χ1v) is 4.29. The summed E-state index contributed by atoms with van der Waals surface area (Å²) in [6.07, 6.45) is 0. The highest BCUT2D eigenvalue weighted by molar-refractivity contribution is 14.1. The average molecular weight is 286 g/mol. The summed E-state index contributed by atoms with van der Waals surface area (Å²) in [5, 5.41) is 0.429. The maximum atomic E-state index is 12.8. The van der Waals surface area contributed by atoms with Gasteiger partial charge in [-0.15, -0.1) is 0 Å². The second-order valence-electron chi connectivity index (χ2n) is 1.90. The molecule has 60 valence electrons. The second-order valence-corrected chi connectivity index (χ2v) is 3.47. The molecule has 0 bridgehead atoms. The van der Waals surface area contributed by atoms with Gasteiger partial charge in [0.2, 0.25) is 0 Å². The van der Waals surface area contributed by atoms with Crippen molar-refractivity contribution >= 4 is 34.2 Å². The molecule has 0 heterocycles. The Morgan fingerprint density at radius 3 is 2.73 bits per heavy atom. The van der Waals surface area contributed by atoms with Crippen molar-refractivity contribution in [2.75, 3.05) is 7.11 Å². The van der Waals surface area contributed by atoms with E-state index in [0.29, 0.717) is 14.3 Å². The van der Waals surface area contributed by atoms with Gasteiger partial charge in [0, 0.05) is 6.07 Å². The van der Waals surface area contributed by atoms with Gasteiger partial charge in [-0.1, -0.05) is 11.6 Å². The molecule has 0 N–H and O–H groups in total. The third-order valence-corrected chi connectivity index (χ3v) is 2.32. The molecule has 0 aliphatic heterocycles. The van der Waals surface area contributed by atoms with Crippen LogP contribution in [0.5, 0.6) is 5.75 Å². The molecule has 0 unspecified atom stereocenters. The Balaban J connectivity index is 3.21. The predicted octanol–water partition coefficient (Wildman–Crippen LogP) is 3.09. The number of benzene rings is 1. The van der Waals surface area contributed by atoms with Crippen molar-refractivity contribution in [3.63, 3.8) is 0 Å². The zero-order chi connectivity index (χ0) is 8.43. The fourth-order valence-electron chi connectivity index (χ4n) is 0.661. The fraction of sp³-hybridized carbons (Fsp3) is 0.143. The van der Waals surface area contributed by atoms with Gasteiger partial charge in [-0.05, 0) is 28.7 Å². The van der Waals surface area contributed by atoms with Crippen molar-refractivity contribution in [2.45, 2.75) is 0 Å². The highest BCUT2D eigenvalue weighted by Crippen LogP contribution is 2.27. The van der Waals surface area contributed by atoms with Crippen LogP contribution in [0.15, 0.2) is 12.1 Å². The monoisotopic (exact) mass is 286 g/mol. The van der Waals surface area contributed by atoms with E-state index in [2.05, 4.69) is 0 Å². The quantitative estimate of drug-likeness (QED) is 0.569. The van der Waals surface area contributed by atoms with Gasteiger partial charge < -0.3 is 4.74 Å². The van der Waals surface area contributed by atoms with Gasteiger partial charge in [0.25, 0.3) is 0 Å². The summed E-state index contributed by atoms with van der Waals surface area (Å²) in [5.74, 6) is 0.0523. The largest absolute Gasteiger partial charge is 0.495 e. The van der Waals surface area contributed by atoms with E-state index in [0.717, 1.165) is 0 Å². The molecule has 0 aliphatic rings. The molecule has 11 heavy (non-hydrogen) atoms.